The van der Waals surface area contributed by atoms with Crippen molar-refractivity contribution in [2.75, 3.05) is 36.6 Å². The van der Waals surface area contributed by atoms with E-state index in [0.29, 0.717) is 6.54 Å². The summed E-state index contributed by atoms with van der Waals surface area (Å²) in [6.45, 7) is 2.61. The first-order valence-corrected chi connectivity index (χ1v) is 12.7. The van der Waals surface area contributed by atoms with Gasteiger partial charge < -0.3 is 20.5 Å². The number of aryl methyl sites for hydroxylation is 1. The number of amides is 2. The van der Waals surface area contributed by atoms with Crippen LogP contribution in [0.5, 0.6) is 0 Å². The molecule has 7 heteroatoms. The third kappa shape index (κ3) is 6.67. The number of carbonyl (C=O) groups excluding carboxylic acids is 1. The lowest BCUT2D eigenvalue weighted by atomic mass is 10.0. The lowest BCUT2D eigenvalue weighted by molar-refractivity contribution is 0.252. The van der Waals surface area contributed by atoms with Crippen molar-refractivity contribution in [1.29, 1.82) is 0 Å². The number of aromatic nitrogens is 2. The minimum absolute atomic E-state index is 0.188. The second-order valence-corrected chi connectivity index (χ2v) is 9.61. The summed E-state index contributed by atoms with van der Waals surface area (Å²) in [5.41, 5.74) is 7.25. The summed E-state index contributed by atoms with van der Waals surface area (Å²) in [6.07, 6.45) is 0.834. The van der Waals surface area contributed by atoms with E-state index in [1.54, 1.807) is 11.8 Å². The second-order valence-electron chi connectivity index (χ2n) is 8.52. The van der Waals surface area contributed by atoms with E-state index in [0.717, 1.165) is 56.8 Å². The number of hydrogen-bond donors (Lipinski definition) is 3. The molecule has 0 fully saturated rings. The van der Waals surface area contributed by atoms with Crippen molar-refractivity contribution in [3.05, 3.63) is 84.4 Å². The Balaban J connectivity index is 1.36. The van der Waals surface area contributed by atoms with Crippen LogP contribution in [0.25, 0.3) is 22.5 Å². The molecule has 180 valence electrons. The summed E-state index contributed by atoms with van der Waals surface area (Å²) in [6, 6.07) is 26.3. The number of aromatic amines is 1. The summed E-state index contributed by atoms with van der Waals surface area (Å²) in [4.78, 5) is 22.6. The molecule has 0 saturated heterocycles. The van der Waals surface area contributed by atoms with Gasteiger partial charge in [0.05, 0.1) is 11.4 Å². The molecule has 0 spiro atoms. The zero-order valence-corrected chi connectivity index (χ0v) is 21.2. The monoisotopic (exact) mass is 485 g/mol. The average Bonchev–Trinajstić information content (AvgIpc) is 3.30. The smallest absolute Gasteiger partial charge is 0.319 e. The van der Waals surface area contributed by atoms with Crippen LogP contribution in [0.1, 0.15) is 12.0 Å². The molecule has 3 N–H and O–H groups in total. The number of thioether (sulfide) groups is 1. The predicted molar refractivity (Wildman–Crippen MR) is 147 cm³/mol. The van der Waals surface area contributed by atoms with E-state index in [1.807, 2.05) is 63.5 Å². The van der Waals surface area contributed by atoms with Crippen LogP contribution in [-0.4, -0.2) is 42.4 Å². The quantitative estimate of drug-likeness (QED) is 0.189. The number of nitrogens with one attached hydrogen (secondary N) is 3. The van der Waals surface area contributed by atoms with Gasteiger partial charge in [-0.25, -0.2) is 9.78 Å². The lowest BCUT2D eigenvalue weighted by Crippen LogP contribution is -2.29. The van der Waals surface area contributed by atoms with Crippen molar-refractivity contribution in [2.24, 2.45) is 0 Å². The van der Waals surface area contributed by atoms with Crippen LogP contribution in [0.3, 0.4) is 0 Å². The van der Waals surface area contributed by atoms with Crippen molar-refractivity contribution < 1.29 is 4.79 Å². The fourth-order valence-corrected chi connectivity index (χ4v) is 4.43. The molecular formula is C28H31N5OS. The van der Waals surface area contributed by atoms with Gasteiger partial charge in [-0.1, -0.05) is 71.9 Å². The number of hydrogen-bond acceptors (Lipinski definition) is 4. The number of anilines is 2. The first-order valence-electron chi connectivity index (χ1n) is 11.7. The number of benzene rings is 3. The SMILES string of the molecule is Cc1ccc(NC(=O)NCCCSc2nc(-c3ccccc3)c(-c3ccc(N(C)C)cc3)[nH]2)cc1. The average molecular weight is 486 g/mol. The zero-order valence-electron chi connectivity index (χ0n) is 20.3. The minimum Gasteiger partial charge on any atom is -0.378 e. The third-order valence-electron chi connectivity index (χ3n) is 5.56. The number of rotatable bonds is 9. The topological polar surface area (TPSA) is 73.1 Å². The molecule has 0 bridgehead atoms. The van der Waals surface area contributed by atoms with Crippen LogP contribution in [0.4, 0.5) is 16.2 Å². The van der Waals surface area contributed by atoms with Crippen molar-refractivity contribution in [3.63, 3.8) is 0 Å². The molecule has 0 radical (unpaired) electrons. The highest BCUT2D eigenvalue weighted by Crippen LogP contribution is 2.33. The van der Waals surface area contributed by atoms with Crippen molar-refractivity contribution in [2.45, 2.75) is 18.5 Å². The van der Waals surface area contributed by atoms with Gasteiger partial charge in [-0.3, -0.25) is 0 Å². The molecule has 6 nitrogen and oxygen atoms in total. The molecule has 35 heavy (non-hydrogen) atoms. The van der Waals surface area contributed by atoms with Gasteiger partial charge in [0.2, 0.25) is 0 Å². The molecule has 1 aromatic heterocycles. The molecule has 0 atom stereocenters. The molecular weight excluding hydrogens is 454 g/mol. The van der Waals surface area contributed by atoms with Crippen LogP contribution >= 0.6 is 11.8 Å². The van der Waals surface area contributed by atoms with Gasteiger partial charge in [-0.2, -0.15) is 0 Å². The maximum absolute atomic E-state index is 12.1. The van der Waals surface area contributed by atoms with E-state index in [-0.39, 0.29) is 6.03 Å². The fraction of sp³-hybridized carbons (Fsp3) is 0.214. The number of nitrogens with zero attached hydrogens (tertiary/aromatic N) is 2. The molecule has 4 aromatic rings. The van der Waals surface area contributed by atoms with Crippen LogP contribution in [0.15, 0.2) is 84.0 Å². The highest BCUT2D eigenvalue weighted by atomic mass is 32.2. The normalized spacial score (nSPS) is 10.7. The summed E-state index contributed by atoms with van der Waals surface area (Å²) in [7, 11) is 4.08. The summed E-state index contributed by atoms with van der Waals surface area (Å²) in [5, 5.41) is 6.65. The van der Waals surface area contributed by atoms with Gasteiger partial charge in [0.15, 0.2) is 5.16 Å². The Morgan fingerprint density at radius 3 is 2.34 bits per heavy atom. The molecule has 0 aliphatic rings. The molecule has 0 saturated carbocycles. The van der Waals surface area contributed by atoms with E-state index in [2.05, 4.69) is 56.9 Å². The maximum Gasteiger partial charge on any atom is 0.319 e. The molecule has 0 unspecified atom stereocenters. The Hall–Kier alpha value is -3.71. The maximum atomic E-state index is 12.1. The van der Waals surface area contributed by atoms with Crippen LogP contribution in [0, 0.1) is 6.92 Å². The molecule has 0 aliphatic heterocycles. The fourth-order valence-electron chi connectivity index (χ4n) is 3.62. The Morgan fingerprint density at radius 2 is 1.66 bits per heavy atom. The standard InChI is InChI=1S/C28H31N5OS/c1-20-10-14-23(15-11-20)30-27(34)29-18-7-19-35-28-31-25(21-8-5-4-6-9-21)26(32-28)22-12-16-24(17-13-22)33(2)3/h4-6,8-17H,7,18-19H2,1-3H3,(H,31,32)(H2,29,30,34). The van der Waals surface area contributed by atoms with Gasteiger partial charge in [0.1, 0.15) is 0 Å². The highest BCUT2D eigenvalue weighted by molar-refractivity contribution is 7.99. The van der Waals surface area contributed by atoms with E-state index in [1.165, 1.54) is 0 Å². The van der Waals surface area contributed by atoms with Gasteiger partial charge in [-0.15, -0.1) is 0 Å². The van der Waals surface area contributed by atoms with Gasteiger partial charge in [-0.05, 0) is 37.6 Å². The number of imidazole rings is 1. The number of urea groups is 1. The van der Waals surface area contributed by atoms with Crippen LogP contribution in [0.2, 0.25) is 0 Å². The van der Waals surface area contributed by atoms with Gasteiger partial charge in [0.25, 0.3) is 0 Å². The van der Waals surface area contributed by atoms with Crippen LogP contribution < -0.4 is 15.5 Å². The minimum atomic E-state index is -0.188. The van der Waals surface area contributed by atoms with Crippen LogP contribution in [-0.2, 0) is 0 Å². The number of H-pyrrole nitrogens is 1. The largest absolute Gasteiger partial charge is 0.378 e. The molecule has 4 rings (SSSR count). The Bertz CT molecular complexity index is 1230. The first kappa shape index (κ1) is 24.4. The van der Waals surface area contributed by atoms with Crippen molar-refractivity contribution in [1.82, 2.24) is 15.3 Å². The molecule has 3 aromatic carbocycles. The van der Waals surface area contributed by atoms with E-state index < -0.39 is 0 Å². The van der Waals surface area contributed by atoms with Crippen molar-refractivity contribution >= 4 is 29.2 Å². The van der Waals surface area contributed by atoms with E-state index >= 15 is 0 Å². The van der Waals surface area contributed by atoms with E-state index in [9.17, 15) is 4.79 Å². The summed E-state index contributed by atoms with van der Waals surface area (Å²) in [5.74, 6) is 0.839. The molecule has 1 heterocycles. The predicted octanol–water partition coefficient (Wildman–Crippen LogP) is 6.42. The third-order valence-corrected chi connectivity index (χ3v) is 6.52. The zero-order chi connectivity index (χ0) is 24.6. The van der Waals surface area contributed by atoms with Crippen molar-refractivity contribution in [3.8, 4) is 22.5 Å². The van der Waals surface area contributed by atoms with E-state index in [4.69, 9.17) is 4.98 Å². The Kier molecular flexibility index (Phi) is 8.11. The Labute approximate surface area is 211 Å². The number of carbonyl (C=O) groups is 1. The lowest BCUT2D eigenvalue weighted by Gasteiger charge is -2.12. The molecule has 0 aliphatic carbocycles. The second kappa shape index (κ2) is 11.6. The Morgan fingerprint density at radius 1 is 0.943 bits per heavy atom. The highest BCUT2D eigenvalue weighted by Gasteiger charge is 2.14. The summed E-state index contributed by atoms with van der Waals surface area (Å²) < 4.78 is 0. The van der Waals surface area contributed by atoms with Gasteiger partial charge in [0, 0.05) is 48.9 Å². The summed E-state index contributed by atoms with van der Waals surface area (Å²) >= 11 is 1.66. The first-order chi connectivity index (χ1) is 17.0. The van der Waals surface area contributed by atoms with Gasteiger partial charge >= 0.3 is 6.03 Å². The molecule has 2 amide bonds.